The number of thiophene rings is 1. The Morgan fingerprint density at radius 2 is 1.89 bits per heavy atom. The zero-order valence-corrected chi connectivity index (χ0v) is 16.5. The van der Waals surface area contributed by atoms with Crippen LogP contribution in [-0.2, 0) is 13.0 Å². The largest absolute Gasteiger partial charge is 0.332 e. The first-order valence-corrected chi connectivity index (χ1v) is 10.1. The average molecular weight is 395 g/mol. The lowest BCUT2D eigenvalue weighted by molar-refractivity contribution is 0.0733. The molecular formula is C20H21N5O2S. The Morgan fingerprint density at radius 3 is 2.64 bits per heavy atom. The second-order valence-electron chi connectivity index (χ2n) is 7.09. The van der Waals surface area contributed by atoms with Gasteiger partial charge in [0.25, 0.3) is 11.8 Å². The minimum absolute atomic E-state index is 0.111. The highest BCUT2D eigenvalue weighted by atomic mass is 32.1. The zero-order valence-electron chi connectivity index (χ0n) is 15.7. The molecule has 0 fully saturated rings. The van der Waals surface area contributed by atoms with Crippen molar-refractivity contribution in [2.24, 2.45) is 0 Å². The van der Waals surface area contributed by atoms with Gasteiger partial charge in [-0.1, -0.05) is 26.0 Å². The maximum Gasteiger partial charge on any atom is 0.257 e. The third kappa shape index (κ3) is 3.55. The summed E-state index contributed by atoms with van der Waals surface area (Å²) in [6, 6.07) is 9.31. The summed E-state index contributed by atoms with van der Waals surface area (Å²) in [5.74, 6) is 0.0815. The maximum atomic E-state index is 13.0. The number of H-pyrrole nitrogens is 1. The van der Waals surface area contributed by atoms with Crippen molar-refractivity contribution in [3.63, 3.8) is 0 Å². The molecule has 144 valence electrons. The Hall–Kier alpha value is -3.00. The third-order valence-electron chi connectivity index (χ3n) is 4.91. The predicted octanol–water partition coefficient (Wildman–Crippen LogP) is 3.44. The van der Waals surface area contributed by atoms with E-state index in [0.717, 1.165) is 11.4 Å². The van der Waals surface area contributed by atoms with Gasteiger partial charge in [-0.05, 0) is 35.1 Å². The fourth-order valence-corrected chi connectivity index (χ4v) is 3.99. The van der Waals surface area contributed by atoms with E-state index >= 15 is 0 Å². The number of carbonyl (C=O) groups is 2. The van der Waals surface area contributed by atoms with Crippen LogP contribution in [0.4, 0.5) is 5.00 Å². The molecule has 1 aromatic carbocycles. The molecule has 8 heteroatoms. The fraction of sp³-hybridized carbons (Fsp3) is 0.300. The van der Waals surface area contributed by atoms with Gasteiger partial charge in [0, 0.05) is 18.5 Å². The molecule has 7 nitrogen and oxygen atoms in total. The topological polar surface area (TPSA) is 91.0 Å². The summed E-state index contributed by atoms with van der Waals surface area (Å²) >= 11 is 1.35. The van der Waals surface area contributed by atoms with Crippen LogP contribution in [0.2, 0.25) is 0 Å². The van der Waals surface area contributed by atoms with E-state index in [9.17, 15) is 9.59 Å². The molecule has 2 aromatic heterocycles. The predicted molar refractivity (Wildman–Crippen MR) is 108 cm³/mol. The van der Waals surface area contributed by atoms with Crippen LogP contribution in [0.25, 0.3) is 0 Å². The molecule has 0 aliphatic carbocycles. The second kappa shape index (κ2) is 7.55. The van der Waals surface area contributed by atoms with Crippen molar-refractivity contribution < 1.29 is 9.59 Å². The first-order valence-electron chi connectivity index (χ1n) is 9.19. The smallest absolute Gasteiger partial charge is 0.257 e. The molecule has 28 heavy (non-hydrogen) atoms. The Labute approximate surface area is 166 Å². The molecule has 1 aliphatic rings. The van der Waals surface area contributed by atoms with E-state index in [1.807, 2.05) is 29.6 Å². The van der Waals surface area contributed by atoms with E-state index < -0.39 is 0 Å². The Balaban J connectivity index is 1.48. The molecule has 0 spiro atoms. The van der Waals surface area contributed by atoms with E-state index in [1.54, 1.807) is 11.0 Å². The molecule has 4 rings (SSSR count). The van der Waals surface area contributed by atoms with Crippen molar-refractivity contribution in [2.75, 3.05) is 11.9 Å². The summed E-state index contributed by atoms with van der Waals surface area (Å²) in [6.45, 7) is 5.23. The highest BCUT2D eigenvalue weighted by Crippen LogP contribution is 2.27. The molecular weight excluding hydrogens is 374 g/mol. The lowest BCUT2D eigenvalue weighted by Gasteiger charge is -2.25. The number of hydrogen-bond donors (Lipinski definition) is 2. The number of carbonyl (C=O) groups excluding carboxylic acids is 2. The third-order valence-corrected chi connectivity index (χ3v) is 5.74. The summed E-state index contributed by atoms with van der Waals surface area (Å²) in [4.78, 5) is 27.3. The van der Waals surface area contributed by atoms with Gasteiger partial charge in [0.15, 0.2) is 0 Å². The molecule has 1 aliphatic heterocycles. The van der Waals surface area contributed by atoms with E-state index in [4.69, 9.17) is 0 Å². The molecule has 0 saturated heterocycles. The number of fused-ring (bicyclic) bond motifs is 1. The van der Waals surface area contributed by atoms with Crippen molar-refractivity contribution in [3.05, 3.63) is 63.8 Å². The standard InChI is InChI=1S/C20H21N5O2S/c1-12(2)13-3-5-14(6-4-13)18(26)21-19-15(8-10-28-19)20(27)25-9-7-16-17(11-25)23-24-22-16/h3-6,8,10,12H,7,9,11H2,1-2H3,(H,21,26)(H,22,23,24). The first-order chi connectivity index (χ1) is 13.5. The van der Waals surface area contributed by atoms with Crippen LogP contribution >= 0.6 is 11.3 Å². The number of aromatic amines is 1. The normalized spacial score (nSPS) is 13.5. The number of amides is 2. The van der Waals surface area contributed by atoms with E-state index in [2.05, 4.69) is 34.6 Å². The molecule has 0 bridgehead atoms. The van der Waals surface area contributed by atoms with Crippen molar-refractivity contribution in [1.29, 1.82) is 0 Å². The van der Waals surface area contributed by atoms with Gasteiger partial charge in [0.2, 0.25) is 0 Å². The molecule has 2 N–H and O–H groups in total. The minimum atomic E-state index is -0.218. The second-order valence-corrected chi connectivity index (χ2v) is 8.00. The number of hydrogen-bond acceptors (Lipinski definition) is 5. The van der Waals surface area contributed by atoms with Gasteiger partial charge < -0.3 is 10.2 Å². The average Bonchev–Trinajstić information content (AvgIpc) is 3.36. The van der Waals surface area contributed by atoms with E-state index in [0.29, 0.717) is 41.6 Å². The molecule has 3 heterocycles. The number of anilines is 1. The Kier molecular flexibility index (Phi) is 4.95. The van der Waals surface area contributed by atoms with Gasteiger partial charge >= 0.3 is 0 Å². The summed E-state index contributed by atoms with van der Waals surface area (Å²) in [7, 11) is 0. The molecule has 0 atom stereocenters. The van der Waals surface area contributed by atoms with Crippen molar-refractivity contribution in [3.8, 4) is 0 Å². The lowest BCUT2D eigenvalue weighted by atomic mass is 10.0. The van der Waals surface area contributed by atoms with E-state index in [1.165, 1.54) is 16.9 Å². The van der Waals surface area contributed by atoms with Crippen molar-refractivity contribution in [2.45, 2.75) is 32.7 Å². The monoisotopic (exact) mass is 395 g/mol. The van der Waals surface area contributed by atoms with Gasteiger partial charge in [-0.25, -0.2) is 0 Å². The number of aromatic nitrogens is 3. The van der Waals surface area contributed by atoms with Gasteiger partial charge in [-0.15, -0.1) is 11.3 Å². The molecule has 0 unspecified atom stereocenters. The van der Waals surface area contributed by atoms with Crippen LogP contribution in [0.5, 0.6) is 0 Å². The quantitative estimate of drug-likeness (QED) is 0.708. The summed E-state index contributed by atoms with van der Waals surface area (Å²) in [5, 5.41) is 16.1. The van der Waals surface area contributed by atoms with Crippen LogP contribution in [0, 0.1) is 0 Å². The number of nitrogens with zero attached hydrogens (tertiary/aromatic N) is 3. The fourth-order valence-electron chi connectivity index (χ4n) is 3.22. The van der Waals surface area contributed by atoms with Crippen LogP contribution in [0.15, 0.2) is 35.7 Å². The maximum absolute atomic E-state index is 13.0. The van der Waals surface area contributed by atoms with Gasteiger partial charge in [0.05, 0.1) is 17.8 Å². The lowest BCUT2D eigenvalue weighted by Crippen LogP contribution is -2.36. The minimum Gasteiger partial charge on any atom is -0.332 e. The van der Waals surface area contributed by atoms with Crippen LogP contribution < -0.4 is 5.32 Å². The highest BCUT2D eigenvalue weighted by Gasteiger charge is 2.26. The summed E-state index contributed by atoms with van der Waals surface area (Å²) < 4.78 is 0. The van der Waals surface area contributed by atoms with E-state index in [-0.39, 0.29) is 11.8 Å². The Morgan fingerprint density at radius 1 is 1.14 bits per heavy atom. The van der Waals surface area contributed by atoms with Crippen molar-refractivity contribution in [1.82, 2.24) is 20.3 Å². The summed E-state index contributed by atoms with van der Waals surface area (Å²) in [6.07, 6.45) is 0.672. The van der Waals surface area contributed by atoms with Crippen LogP contribution in [-0.4, -0.2) is 38.7 Å². The molecule has 3 aromatic rings. The molecule has 2 amide bonds. The van der Waals surface area contributed by atoms with Crippen LogP contribution in [0.3, 0.4) is 0 Å². The molecule has 0 saturated carbocycles. The number of benzene rings is 1. The van der Waals surface area contributed by atoms with Gasteiger partial charge in [-0.2, -0.15) is 15.4 Å². The number of nitrogens with one attached hydrogen (secondary N) is 2. The number of rotatable bonds is 4. The van der Waals surface area contributed by atoms with Gasteiger partial charge in [-0.3, -0.25) is 9.59 Å². The SMILES string of the molecule is CC(C)c1ccc(C(=O)Nc2sccc2C(=O)N2CCc3n[nH]nc3C2)cc1. The highest BCUT2D eigenvalue weighted by molar-refractivity contribution is 7.14. The molecule has 0 radical (unpaired) electrons. The summed E-state index contributed by atoms with van der Waals surface area (Å²) in [5.41, 5.74) is 3.96. The zero-order chi connectivity index (χ0) is 19.7. The van der Waals surface area contributed by atoms with Gasteiger partial charge in [0.1, 0.15) is 10.7 Å². The van der Waals surface area contributed by atoms with Crippen LogP contribution in [0.1, 0.15) is 57.4 Å². The Bertz CT molecular complexity index is 1010. The van der Waals surface area contributed by atoms with Crippen molar-refractivity contribution >= 4 is 28.2 Å². The first kappa shape index (κ1) is 18.4.